The van der Waals surface area contributed by atoms with Crippen LogP contribution in [-0.4, -0.2) is 41.0 Å². The number of phenols is 1. The lowest BCUT2D eigenvalue weighted by Crippen LogP contribution is -2.54. The molecule has 3 atom stereocenters. The van der Waals surface area contributed by atoms with Gasteiger partial charge in [-0.3, -0.25) is 14.4 Å². The molecule has 1 aromatic carbocycles. The van der Waals surface area contributed by atoms with Gasteiger partial charge in [0, 0.05) is 19.0 Å². The van der Waals surface area contributed by atoms with Gasteiger partial charge in [-0.2, -0.15) is 0 Å². The van der Waals surface area contributed by atoms with Crippen LogP contribution in [0.3, 0.4) is 0 Å². The van der Waals surface area contributed by atoms with E-state index in [2.05, 4.69) is 16.0 Å². The molecular weight excluding hydrogens is 322 g/mol. The van der Waals surface area contributed by atoms with Crippen molar-refractivity contribution in [2.24, 2.45) is 5.92 Å². The maximum atomic E-state index is 12.4. The number of benzene rings is 1. The summed E-state index contributed by atoms with van der Waals surface area (Å²) in [5, 5.41) is 18.0. The predicted octanol–water partition coefficient (Wildman–Crippen LogP) is 0.930. The SMILES string of the molecule is CC(=O)NC(C(=O)NC(C)C(C)NC(=O)c1ccccc1O)C1CC1. The first kappa shape index (κ1) is 18.8. The molecular formula is C18H25N3O4. The molecule has 1 aromatic rings. The molecule has 1 fully saturated rings. The number of aromatic hydroxyl groups is 1. The fourth-order valence-corrected chi connectivity index (χ4v) is 2.56. The first-order chi connectivity index (χ1) is 11.8. The van der Waals surface area contributed by atoms with E-state index in [-0.39, 0.29) is 41.1 Å². The Hall–Kier alpha value is -2.57. The second-order valence-electron chi connectivity index (χ2n) is 6.59. The van der Waals surface area contributed by atoms with Crippen molar-refractivity contribution in [3.8, 4) is 5.75 Å². The zero-order valence-corrected chi connectivity index (χ0v) is 14.7. The number of carbonyl (C=O) groups excluding carboxylic acids is 3. The maximum absolute atomic E-state index is 12.4. The molecule has 1 aliphatic carbocycles. The van der Waals surface area contributed by atoms with Crippen LogP contribution >= 0.6 is 0 Å². The van der Waals surface area contributed by atoms with Crippen LogP contribution in [0.4, 0.5) is 0 Å². The van der Waals surface area contributed by atoms with Crippen molar-refractivity contribution >= 4 is 17.7 Å². The van der Waals surface area contributed by atoms with Crippen molar-refractivity contribution in [1.29, 1.82) is 0 Å². The third-order valence-corrected chi connectivity index (χ3v) is 4.36. The normalized spacial score (nSPS) is 17.1. The molecule has 2 rings (SSSR count). The van der Waals surface area contributed by atoms with Gasteiger partial charge in [-0.15, -0.1) is 0 Å². The third-order valence-electron chi connectivity index (χ3n) is 4.36. The first-order valence-electron chi connectivity index (χ1n) is 8.46. The summed E-state index contributed by atoms with van der Waals surface area (Å²) >= 11 is 0. The lowest BCUT2D eigenvalue weighted by atomic mass is 10.1. The lowest BCUT2D eigenvalue weighted by molar-refractivity contribution is -0.129. The highest BCUT2D eigenvalue weighted by atomic mass is 16.3. The number of amides is 3. The van der Waals surface area contributed by atoms with Gasteiger partial charge in [-0.05, 0) is 44.7 Å². The molecule has 3 amide bonds. The van der Waals surface area contributed by atoms with Crippen LogP contribution in [0.15, 0.2) is 24.3 Å². The van der Waals surface area contributed by atoms with E-state index in [0.29, 0.717) is 0 Å². The highest BCUT2D eigenvalue weighted by molar-refractivity contribution is 5.97. The van der Waals surface area contributed by atoms with E-state index in [4.69, 9.17) is 0 Å². The molecule has 0 aliphatic heterocycles. The summed E-state index contributed by atoms with van der Waals surface area (Å²) in [5.41, 5.74) is 0.182. The van der Waals surface area contributed by atoms with Gasteiger partial charge in [-0.1, -0.05) is 12.1 Å². The van der Waals surface area contributed by atoms with E-state index in [1.807, 2.05) is 0 Å². The Kier molecular flexibility index (Phi) is 6.01. The van der Waals surface area contributed by atoms with Gasteiger partial charge < -0.3 is 21.1 Å². The second-order valence-corrected chi connectivity index (χ2v) is 6.59. The molecule has 3 unspecified atom stereocenters. The Balaban J connectivity index is 1.91. The van der Waals surface area contributed by atoms with Gasteiger partial charge in [0.2, 0.25) is 11.8 Å². The Morgan fingerprint density at radius 1 is 1.04 bits per heavy atom. The van der Waals surface area contributed by atoms with Gasteiger partial charge in [-0.25, -0.2) is 0 Å². The second kappa shape index (κ2) is 8.00. The third kappa shape index (κ3) is 5.20. The molecule has 136 valence electrons. The van der Waals surface area contributed by atoms with Crippen LogP contribution in [-0.2, 0) is 9.59 Å². The van der Waals surface area contributed by atoms with Gasteiger partial charge in [0.15, 0.2) is 0 Å². The summed E-state index contributed by atoms with van der Waals surface area (Å²) in [4.78, 5) is 35.9. The van der Waals surface area contributed by atoms with E-state index in [0.717, 1.165) is 12.8 Å². The van der Waals surface area contributed by atoms with Gasteiger partial charge in [0.05, 0.1) is 5.56 Å². The van der Waals surface area contributed by atoms with E-state index >= 15 is 0 Å². The Morgan fingerprint density at radius 2 is 1.64 bits per heavy atom. The Morgan fingerprint density at radius 3 is 2.20 bits per heavy atom. The van der Waals surface area contributed by atoms with Gasteiger partial charge in [0.1, 0.15) is 11.8 Å². The predicted molar refractivity (Wildman–Crippen MR) is 93.0 cm³/mol. The molecule has 0 bridgehead atoms. The molecule has 0 aromatic heterocycles. The summed E-state index contributed by atoms with van der Waals surface area (Å²) in [7, 11) is 0. The number of carbonyl (C=O) groups is 3. The molecule has 0 radical (unpaired) electrons. The van der Waals surface area contributed by atoms with Crippen molar-refractivity contribution in [2.45, 2.75) is 51.7 Å². The van der Waals surface area contributed by atoms with Crippen molar-refractivity contribution in [3.05, 3.63) is 29.8 Å². The number of phenolic OH excluding ortho intramolecular Hbond substituents is 1. The highest BCUT2D eigenvalue weighted by Gasteiger charge is 2.37. The minimum atomic E-state index is -0.527. The number of hydrogen-bond donors (Lipinski definition) is 4. The molecule has 1 aliphatic rings. The van der Waals surface area contributed by atoms with E-state index < -0.39 is 11.9 Å². The highest BCUT2D eigenvalue weighted by Crippen LogP contribution is 2.32. The molecule has 7 heteroatoms. The minimum absolute atomic E-state index is 0.0941. The molecule has 0 spiro atoms. The van der Waals surface area contributed by atoms with Gasteiger partial charge >= 0.3 is 0 Å². The zero-order chi connectivity index (χ0) is 18.6. The maximum Gasteiger partial charge on any atom is 0.255 e. The largest absolute Gasteiger partial charge is 0.507 e. The first-order valence-corrected chi connectivity index (χ1v) is 8.46. The van der Waals surface area contributed by atoms with Crippen LogP contribution in [0.1, 0.15) is 44.0 Å². The zero-order valence-electron chi connectivity index (χ0n) is 14.7. The molecule has 1 saturated carbocycles. The van der Waals surface area contributed by atoms with Gasteiger partial charge in [0.25, 0.3) is 5.91 Å². The summed E-state index contributed by atoms with van der Waals surface area (Å²) in [6.45, 7) is 4.94. The molecule has 0 saturated heterocycles. The Bertz CT molecular complexity index is 657. The van der Waals surface area contributed by atoms with Crippen LogP contribution in [0, 0.1) is 5.92 Å². The van der Waals surface area contributed by atoms with Crippen molar-refractivity contribution in [2.75, 3.05) is 0 Å². The Labute approximate surface area is 147 Å². The quantitative estimate of drug-likeness (QED) is 0.588. The molecule has 25 heavy (non-hydrogen) atoms. The monoisotopic (exact) mass is 347 g/mol. The van der Waals surface area contributed by atoms with Crippen molar-refractivity contribution in [1.82, 2.24) is 16.0 Å². The lowest BCUT2D eigenvalue weighted by Gasteiger charge is -2.25. The average molecular weight is 347 g/mol. The molecule has 0 heterocycles. The number of nitrogens with one attached hydrogen (secondary N) is 3. The summed E-state index contributed by atoms with van der Waals surface area (Å²) in [6.07, 6.45) is 1.85. The fourth-order valence-electron chi connectivity index (χ4n) is 2.56. The van der Waals surface area contributed by atoms with E-state index in [9.17, 15) is 19.5 Å². The standard InChI is InChI=1S/C18H25N3O4/c1-10(19-17(24)14-6-4-5-7-15(14)23)11(2)20-18(25)16(13-8-9-13)21-12(3)22/h4-7,10-11,13,16,23H,8-9H2,1-3H3,(H,19,24)(H,20,25)(H,21,22). The molecule has 4 N–H and O–H groups in total. The van der Waals surface area contributed by atoms with Crippen LogP contribution < -0.4 is 16.0 Å². The summed E-state index contributed by atoms with van der Waals surface area (Å²) < 4.78 is 0. The van der Waals surface area contributed by atoms with Crippen LogP contribution in [0.2, 0.25) is 0 Å². The minimum Gasteiger partial charge on any atom is -0.507 e. The van der Waals surface area contributed by atoms with Crippen molar-refractivity contribution in [3.63, 3.8) is 0 Å². The number of rotatable bonds is 7. The number of para-hydroxylation sites is 1. The summed E-state index contributed by atoms with van der Waals surface area (Å²) in [5.74, 6) is -0.799. The van der Waals surface area contributed by atoms with Crippen LogP contribution in [0.25, 0.3) is 0 Å². The fraction of sp³-hybridized carbons (Fsp3) is 0.500. The summed E-state index contributed by atoms with van der Waals surface area (Å²) in [6, 6.07) is 5.06. The van der Waals surface area contributed by atoms with Crippen LogP contribution in [0.5, 0.6) is 5.75 Å². The molecule has 7 nitrogen and oxygen atoms in total. The topological polar surface area (TPSA) is 108 Å². The van der Waals surface area contributed by atoms with Crippen molar-refractivity contribution < 1.29 is 19.5 Å². The van der Waals surface area contributed by atoms with E-state index in [1.54, 1.807) is 26.0 Å². The smallest absolute Gasteiger partial charge is 0.255 e. The van der Waals surface area contributed by atoms with E-state index in [1.165, 1.54) is 19.1 Å². The number of hydrogen-bond acceptors (Lipinski definition) is 4. The average Bonchev–Trinajstić information content (AvgIpc) is 3.37.